The van der Waals surface area contributed by atoms with E-state index in [1.165, 1.54) is 5.56 Å². The molecule has 3 nitrogen and oxygen atoms in total. The van der Waals surface area contributed by atoms with Crippen LogP contribution in [0.5, 0.6) is 0 Å². The van der Waals surface area contributed by atoms with Crippen LogP contribution in [0.3, 0.4) is 0 Å². The van der Waals surface area contributed by atoms with Crippen molar-refractivity contribution in [3.05, 3.63) is 35.9 Å². The van der Waals surface area contributed by atoms with E-state index in [1.807, 2.05) is 18.2 Å². The molecule has 0 radical (unpaired) electrons. The van der Waals surface area contributed by atoms with E-state index >= 15 is 0 Å². The lowest BCUT2D eigenvalue weighted by Crippen LogP contribution is -2.45. The van der Waals surface area contributed by atoms with Crippen LogP contribution < -0.4 is 10.6 Å². The summed E-state index contributed by atoms with van der Waals surface area (Å²) in [6.45, 7) is 1.99. The number of hydrogen-bond acceptors (Lipinski definition) is 2. The van der Waals surface area contributed by atoms with Gasteiger partial charge in [-0.2, -0.15) is 0 Å². The molecule has 3 heteroatoms. The Hall–Kier alpha value is -1.35. The molecule has 0 aliphatic carbocycles. The molecule has 92 valence electrons. The molecule has 1 aromatic rings. The number of amides is 1. The van der Waals surface area contributed by atoms with Crippen molar-refractivity contribution in [2.75, 3.05) is 13.1 Å². The van der Waals surface area contributed by atoms with Gasteiger partial charge in [0.25, 0.3) is 0 Å². The van der Waals surface area contributed by atoms with E-state index < -0.39 is 0 Å². The van der Waals surface area contributed by atoms with Crippen LogP contribution in [-0.2, 0) is 11.2 Å². The molecule has 1 aromatic carbocycles. The molecular formula is C14H20N2O. The molecule has 1 heterocycles. The quantitative estimate of drug-likeness (QED) is 0.825. The number of carbonyl (C=O) groups is 1. The van der Waals surface area contributed by atoms with Crippen molar-refractivity contribution in [1.29, 1.82) is 0 Å². The molecule has 1 fully saturated rings. The molecule has 1 amide bonds. The van der Waals surface area contributed by atoms with Gasteiger partial charge in [-0.25, -0.2) is 0 Å². The lowest BCUT2D eigenvalue weighted by Gasteiger charge is -2.23. The molecule has 0 unspecified atom stereocenters. The lowest BCUT2D eigenvalue weighted by molar-refractivity contribution is -0.121. The number of piperidine rings is 1. The summed E-state index contributed by atoms with van der Waals surface area (Å²) < 4.78 is 0. The molecule has 0 bridgehead atoms. The van der Waals surface area contributed by atoms with E-state index in [0.29, 0.717) is 12.5 Å². The molecule has 2 rings (SSSR count). The Kier molecular flexibility index (Phi) is 4.56. The summed E-state index contributed by atoms with van der Waals surface area (Å²) in [6, 6.07) is 10.5. The molecule has 1 atom stereocenters. The third kappa shape index (κ3) is 4.19. The Morgan fingerprint density at radius 3 is 2.88 bits per heavy atom. The zero-order valence-corrected chi connectivity index (χ0v) is 10.1. The van der Waals surface area contributed by atoms with E-state index in [4.69, 9.17) is 0 Å². The molecule has 0 aromatic heterocycles. The molecular weight excluding hydrogens is 212 g/mol. The van der Waals surface area contributed by atoms with Crippen LogP contribution in [0, 0.1) is 0 Å². The highest BCUT2D eigenvalue weighted by Crippen LogP contribution is 2.04. The van der Waals surface area contributed by atoms with Crippen LogP contribution in [-0.4, -0.2) is 25.0 Å². The standard InChI is InChI=1S/C14H20N2O/c17-14(16-13-7-4-10-15-11-13)9-8-12-5-2-1-3-6-12/h1-3,5-6,13,15H,4,7-11H2,(H,16,17)/t13-/m1/s1. The maximum absolute atomic E-state index is 11.7. The van der Waals surface area contributed by atoms with E-state index in [9.17, 15) is 4.79 Å². The first-order valence-electron chi connectivity index (χ1n) is 6.38. The van der Waals surface area contributed by atoms with Gasteiger partial charge >= 0.3 is 0 Å². The summed E-state index contributed by atoms with van der Waals surface area (Å²) >= 11 is 0. The highest BCUT2D eigenvalue weighted by atomic mass is 16.1. The highest BCUT2D eigenvalue weighted by Gasteiger charge is 2.14. The maximum Gasteiger partial charge on any atom is 0.220 e. The molecule has 0 saturated carbocycles. The minimum atomic E-state index is 0.169. The normalized spacial score (nSPS) is 19.9. The zero-order valence-electron chi connectivity index (χ0n) is 10.1. The minimum absolute atomic E-state index is 0.169. The molecule has 2 N–H and O–H groups in total. The first kappa shape index (κ1) is 12.1. The van der Waals surface area contributed by atoms with E-state index in [2.05, 4.69) is 22.8 Å². The van der Waals surface area contributed by atoms with Gasteiger partial charge in [0, 0.05) is 19.0 Å². The first-order chi connectivity index (χ1) is 8.34. The predicted octanol–water partition coefficient (Wildman–Crippen LogP) is 1.49. The molecule has 17 heavy (non-hydrogen) atoms. The van der Waals surface area contributed by atoms with Gasteiger partial charge in [0.05, 0.1) is 0 Å². The maximum atomic E-state index is 11.7. The average Bonchev–Trinajstić information content (AvgIpc) is 2.39. The number of benzene rings is 1. The Morgan fingerprint density at radius 2 is 2.18 bits per heavy atom. The van der Waals surface area contributed by atoms with Gasteiger partial charge in [-0.1, -0.05) is 30.3 Å². The van der Waals surface area contributed by atoms with Crippen molar-refractivity contribution in [2.45, 2.75) is 31.7 Å². The Morgan fingerprint density at radius 1 is 1.35 bits per heavy atom. The van der Waals surface area contributed by atoms with Crippen LogP contribution in [0.4, 0.5) is 0 Å². The van der Waals surface area contributed by atoms with Crippen LogP contribution in [0.2, 0.25) is 0 Å². The van der Waals surface area contributed by atoms with Crippen molar-refractivity contribution in [1.82, 2.24) is 10.6 Å². The van der Waals surface area contributed by atoms with E-state index in [0.717, 1.165) is 32.4 Å². The van der Waals surface area contributed by atoms with Crippen molar-refractivity contribution in [2.24, 2.45) is 0 Å². The second-order valence-corrected chi connectivity index (χ2v) is 4.60. The summed E-state index contributed by atoms with van der Waals surface area (Å²) in [6.07, 6.45) is 3.67. The van der Waals surface area contributed by atoms with Gasteiger partial charge in [-0.15, -0.1) is 0 Å². The number of hydrogen-bond donors (Lipinski definition) is 2. The van der Waals surface area contributed by atoms with Gasteiger partial charge in [0.1, 0.15) is 0 Å². The predicted molar refractivity (Wildman–Crippen MR) is 68.8 cm³/mol. The van der Waals surface area contributed by atoms with Crippen LogP contribution in [0.25, 0.3) is 0 Å². The molecule has 1 aliphatic heterocycles. The number of carbonyl (C=O) groups excluding carboxylic acids is 1. The third-order valence-electron chi connectivity index (χ3n) is 3.15. The third-order valence-corrected chi connectivity index (χ3v) is 3.15. The topological polar surface area (TPSA) is 41.1 Å². The Labute approximate surface area is 103 Å². The Bertz CT molecular complexity index is 344. The largest absolute Gasteiger partial charge is 0.352 e. The fourth-order valence-electron chi connectivity index (χ4n) is 2.18. The molecule has 1 saturated heterocycles. The van der Waals surface area contributed by atoms with Gasteiger partial charge < -0.3 is 10.6 Å². The van der Waals surface area contributed by atoms with Gasteiger partial charge in [0.2, 0.25) is 5.91 Å². The monoisotopic (exact) mass is 232 g/mol. The second kappa shape index (κ2) is 6.40. The first-order valence-corrected chi connectivity index (χ1v) is 6.38. The average molecular weight is 232 g/mol. The van der Waals surface area contributed by atoms with Crippen molar-refractivity contribution in [3.8, 4) is 0 Å². The summed E-state index contributed by atoms with van der Waals surface area (Å²) in [5, 5.41) is 6.39. The second-order valence-electron chi connectivity index (χ2n) is 4.60. The fourth-order valence-corrected chi connectivity index (χ4v) is 2.18. The SMILES string of the molecule is O=C(CCc1ccccc1)N[C@@H]1CCCNC1. The minimum Gasteiger partial charge on any atom is -0.352 e. The summed E-state index contributed by atoms with van der Waals surface area (Å²) in [7, 11) is 0. The van der Waals surface area contributed by atoms with Gasteiger partial charge in [0.15, 0.2) is 0 Å². The smallest absolute Gasteiger partial charge is 0.220 e. The molecule has 1 aliphatic rings. The molecule has 0 spiro atoms. The summed E-state index contributed by atoms with van der Waals surface area (Å²) in [5.74, 6) is 0.169. The van der Waals surface area contributed by atoms with Gasteiger partial charge in [-0.05, 0) is 31.4 Å². The summed E-state index contributed by atoms with van der Waals surface area (Å²) in [5.41, 5.74) is 1.23. The highest BCUT2D eigenvalue weighted by molar-refractivity contribution is 5.76. The fraction of sp³-hybridized carbons (Fsp3) is 0.500. The summed E-state index contributed by atoms with van der Waals surface area (Å²) in [4.78, 5) is 11.7. The van der Waals surface area contributed by atoms with E-state index in [-0.39, 0.29) is 5.91 Å². The van der Waals surface area contributed by atoms with Crippen molar-refractivity contribution < 1.29 is 4.79 Å². The Balaban J connectivity index is 1.70. The van der Waals surface area contributed by atoms with E-state index in [1.54, 1.807) is 0 Å². The van der Waals surface area contributed by atoms with Crippen LogP contribution in [0.15, 0.2) is 30.3 Å². The van der Waals surface area contributed by atoms with Crippen molar-refractivity contribution >= 4 is 5.91 Å². The zero-order chi connectivity index (χ0) is 11.9. The van der Waals surface area contributed by atoms with Gasteiger partial charge in [-0.3, -0.25) is 4.79 Å². The number of nitrogens with one attached hydrogen (secondary N) is 2. The van der Waals surface area contributed by atoms with Crippen LogP contribution >= 0.6 is 0 Å². The number of aryl methyl sites for hydroxylation is 1. The van der Waals surface area contributed by atoms with Crippen molar-refractivity contribution in [3.63, 3.8) is 0 Å². The lowest BCUT2D eigenvalue weighted by atomic mass is 10.1. The number of rotatable bonds is 4. The van der Waals surface area contributed by atoms with Crippen LogP contribution in [0.1, 0.15) is 24.8 Å².